The third-order valence-electron chi connectivity index (χ3n) is 16.6. The summed E-state index contributed by atoms with van der Waals surface area (Å²) in [6.45, 7) is 9.20. The van der Waals surface area contributed by atoms with E-state index in [0.717, 1.165) is 135 Å². The number of aliphatic hydroxyl groups is 1. The molecule has 4 aliphatic rings. The first-order valence-corrected chi connectivity index (χ1v) is 28.4. The Bertz CT molecular complexity index is 3320. The van der Waals surface area contributed by atoms with Gasteiger partial charge >= 0.3 is 0 Å². The van der Waals surface area contributed by atoms with Crippen molar-refractivity contribution in [2.45, 2.75) is 57.8 Å². The maximum Gasteiger partial charge on any atom is 0.260 e. The fourth-order valence-corrected chi connectivity index (χ4v) is 11.9. The van der Waals surface area contributed by atoms with Crippen molar-refractivity contribution in [3.8, 4) is 45.3 Å². The van der Waals surface area contributed by atoms with E-state index < -0.39 is 6.23 Å². The average Bonchev–Trinajstić information content (AvgIpc) is 3.72. The van der Waals surface area contributed by atoms with Crippen LogP contribution in [0.1, 0.15) is 66.2 Å². The molecule has 7 aromatic rings. The zero-order valence-electron chi connectivity index (χ0n) is 47.0. The van der Waals surface area contributed by atoms with E-state index >= 15 is 0 Å². The Morgan fingerprint density at radius 2 is 1.43 bits per heavy atom. The minimum Gasteiger partial charge on any atom is -0.497 e. The van der Waals surface area contributed by atoms with Crippen LogP contribution in [0.25, 0.3) is 22.3 Å². The van der Waals surface area contributed by atoms with Gasteiger partial charge in [-0.15, -0.1) is 0 Å². The molecule has 3 N–H and O–H groups in total. The number of nitrogens with zero attached hydrogens (tertiary/aromatic N) is 7. The fraction of sp³-hybridized carbons (Fsp3) is 0.354. The number of carbonyl (C=O) groups is 2. The van der Waals surface area contributed by atoms with E-state index in [9.17, 15) is 14.7 Å². The molecule has 6 aromatic carbocycles. The summed E-state index contributed by atoms with van der Waals surface area (Å²) in [4.78, 5) is 47.0. The van der Waals surface area contributed by atoms with Crippen molar-refractivity contribution in [2.75, 3.05) is 106 Å². The minimum absolute atomic E-state index is 0.110. The smallest absolute Gasteiger partial charge is 0.260 e. The van der Waals surface area contributed by atoms with Crippen LogP contribution in [0.15, 0.2) is 140 Å². The number of hydrogen-bond donors (Lipinski definition) is 3. The monoisotopic (exact) mass is 1090 g/mol. The summed E-state index contributed by atoms with van der Waals surface area (Å²) in [5.74, 6) is 4.56. The summed E-state index contributed by atoms with van der Waals surface area (Å²) >= 11 is 0. The summed E-state index contributed by atoms with van der Waals surface area (Å²) in [6, 6.07) is 43.1. The van der Waals surface area contributed by atoms with Gasteiger partial charge in [-0.05, 0) is 147 Å². The number of fused-ring (bicyclic) bond motifs is 2. The molecule has 11 rings (SSSR count). The molecule has 0 radical (unpaired) electrons. The van der Waals surface area contributed by atoms with Crippen LogP contribution in [-0.4, -0.2) is 130 Å². The number of rotatable bonds is 17. The number of piperidine rings is 3. The number of aromatic nitrogens is 2. The number of likely N-dealkylation sites (tertiary alicyclic amines) is 2. The van der Waals surface area contributed by atoms with Crippen molar-refractivity contribution in [3.05, 3.63) is 151 Å². The molecule has 0 spiro atoms. The highest BCUT2D eigenvalue weighted by molar-refractivity contribution is 6.13. The van der Waals surface area contributed by atoms with Crippen LogP contribution in [0, 0.1) is 11.8 Å². The van der Waals surface area contributed by atoms with Gasteiger partial charge < -0.3 is 54.3 Å². The van der Waals surface area contributed by atoms with Gasteiger partial charge in [-0.3, -0.25) is 14.5 Å². The number of benzene rings is 6. The van der Waals surface area contributed by atoms with E-state index in [-0.39, 0.29) is 23.8 Å². The van der Waals surface area contributed by atoms with Crippen LogP contribution < -0.4 is 44.3 Å². The lowest BCUT2D eigenvalue weighted by molar-refractivity contribution is -0.0637. The third-order valence-corrected chi connectivity index (χ3v) is 16.6. The van der Waals surface area contributed by atoms with Crippen LogP contribution in [0.5, 0.6) is 23.0 Å². The number of amides is 2. The molecule has 16 nitrogen and oxygen atoms in total. The predicted octanol–water partition coefficient (Wildman–Crippen LogP) is 11.4. The van der Waals surface area contributed by atoms with Crippen LogP contribution in [-0.2, 0) is 0 Å². The Labute approximate surface area is 475 Å². The molecule has 3 fully saturated rings. The highest BCUT2D eigenvalue weighted by atomic mass is 16.5. The number of aliphatic hydroxyl groups excluding tert-OH is 1. The number of anilines is 7. The first-order valence-electron chi connectivity index (χ1n) is 28.4. The quantitative estimate of drug-likeness (QED) is 0.0791. The molecule has 420 valence electrons. The van der Waals surface area contributed by atoms with Crippen molar-refractivity contribution in [3.63, 3.8) is 0 Å². The van der Waals surface area contributed by atoms with Crippen molar-refractivity contribution in [1.29, 1.82) is 0 Å². The molecule has 3 saturated heterocycles. The van der Waals surface area contributed by atoms with Gasteiger partial charge in [-0.2, -0.15) is 4.98 Å². The van der Waals surface area contributed by atoms with Crippen molar-refractivity contribution in [1.82, 2.24) is 19.8 Å². The van der Waals surface area contributed by atoms with E-state index in [1.165, 1.54) is 0 Å². The summed E-state index contributed by atoms with van der Waals surface area (Å²) in [7, 11) is 6.92. The number of nitrogens with one attached hydrogen (secondary N) is 2. The molecular weight excluding hydrogens is 1020 g/mol. The minimum atomic E-state index is -0.431. The normalized spacial score (nSPS) is 17.0. The van der Waals surface area contributed by atoms with Crippen LogP contribution >= 0.6 is 0 Å². The average molecular weight is 1090 g/mol. The maximum absolute atomic E-state index is 13.4. The topological polar surface area (TPSA) is 157 Å². The SMILES string of the molecule is CCOc1cc(N2CCC(C(O)N3CCC(CN4CCC(Oc5ccc(-c6ccc(NC(=O)c7ccc(OC)c(-c8cccc(OC)c8)c7)cc6)cc5)CC4)CC3)CC2)ccc1Nc1ncc2c(n1)N(C)c1ccccc1C(=O)N2C. The molecule has 81 heavy (non-hydrogen) atoms. The molecule has 1 atom stereocenters. The van der Waals surface area contributed by atoms with Crippen LogP contribution in [0.3, 0.4) is 0 Å². The molecule has 1 unspecified atom stereocenters. The molecule has 2 amide bonds. The van der Waals surface area contributed by atoms with Gasteiger partial charge in [0.2, 0.25) is 5.95 Å². The summed E-state index contributed by atoms with van der Waals surface area (Å²) in [5.41, 5.74) is 8.92. The zero-order chi connectivity index (χ0) is 56.0. The van der Waals surface area contributed by atoms with Crippen LogP contribution in [0.2, 0.25) is 0 Å². The van der Waals surface area contributed by atoms with Gasteiger partial charge in [0.1, 0.15) is 41.0 Å². The molecule has 4 aliphatic heterocycles. The molecule has 16 heteroatoms. The Hall–Kier alpha value is -8.18. The molecule has 0 saturated carbocycles. The van der Waals surface area contributed by atoms with Gasteiger partial charge in [0.15, 0.2) is 5.82 Å². The predicted molar refractivity (Wildman–Crippen MR) is 320 cm³/mol. The second-order valence-corrected chi connectivity index (χ2v) is 21.6. The van der Waals surface area contributed by atoms with Crippen LogP contribution in [0.4, 0.5) is 40.2 Å². The lowest BCUT2D eigenvalue weighted by Crippen LogP contribution is -2.49. The van der Waals surface area contributed by atoms with Gasteiger partial charge in [-0.25, -0.2) is 4.98 Å². The van der Waals surface area contributed by atoms with E-state index in [4.69, 9.17) is 23.9 Å². The fourth-order valence-electron chi connectivity index (χ4n) is 11.9. The van der Waals surface area contributed by atoms with Crippen molar-refractivity contribution < 1.29 is 33.6 Å². The lowest BCUT2D eigenvalue weighted by atomic mass is 9.90. The molecule has 0 aliphatic carbocycles. The lowest BCUT2D eigenvalue weighted by Gasteiger charge is -2.43. The first kappa shape index (κ1) is 54.8. The number of para-hydroxylation sites is 1. The van der Waals surface area contributed by atoms with Gasteiger partial charge in [0.25, 0.3) is 11.8 Å². The van der Waals surface area contributed by atoms with Gasteiger partial charge in [0.05, 0.1) is 44.0 Å². The summed E-state index contributed by atoms with van der Waals surface area (Å²) in [5, 5.41) is 18.1. The largest absolute Gasteiger partial charge is 0.497 e. The molecule has 5 heterocycles. The summed E-state index contributed by atoms with van der Waals surface area (Å²) < 4.78 is 23.7. The number of carbonyl (C=O) groups excluding carboxylic acids is 2. The van der Waals surface area contributed by atoms with E-state index in [2.05, 4.69) is 66.7 Å². The molecular formula is C65H73N9O7. The Kier molecular flexibility index (Phi) is 16.7. The first-order chi connectivity index (χ1) is 39.5. The zero-order valence-corrected chi connectivity index (χ0v) is 47.0. The summed E-state index contributed by atoms with van der Waals surface area (Å²) in [6.07, 6.45) is 7.48. The highest BCUT2D eigenvalue weighted by Crippen LogP contribution is 2.40. The van der Waals surface area contributed by atoms with E-state index in [1.54, 1.807) is 38.4 Å². The molecule has 0 bridgehead atoms. The second-order valence-electron chi connectivity index (χ2n) is 21.6. The van der Waals surface area contributed by atoms with E-state index in [0.29, 0.717) is 58.3 Å². The Balaban J connectivity index is 0.601. The number of hydrogen-bond acceptors (Lipinski definition) is 14. The van der Waals surface area contributed by atoms with Gasteiger partial charge in [0, 0.05) is 94.4 Å². The number of methoxy groups -OCH3 is 2. The van der Waals surface area contributed by atoms with Gasteiger partial charge in [-0.1, -0.05) is 48.5 Å². The third kappa shape index (κ3) is 12.3. The second kappa shape index (κ2) is 24.7. The highest BCUT2D eigenvalue weighted by Gasteiger charge is 2.34. The standard InChI is InChI=1S/C65H73N9O7/c1-6-80-60-40-50(21-24-56(60)68-65-66-41-58-61(69-65)70(2)57-13-8-7-12-54(57)64(77)71(58)3)73-36-28-46(29-37-73)63(76)74-34-26-43(27-35-74)42-72-32-30-52(31-33-72)81-51-22-16-45(17-23-51)44-14-19-49(20-15-44)67-62(75)48-18-25-59(79-5)55(39-48)47-10-9-11-53(38-47)78-4/h7-25,38-41,43,46,52,63,76H,6,26-37,42H2,1-5H3,(H,67,75)(H,66,68,69). The van der Waals surface area contributed by atoms with Crippen molar-refractivity contribution >= 4 is 52.0 Å². The van der Waals surface area contributed by atoms with E-state index in [1.807, 2.05) is 110 Å². The Morgan fingerprint density at radius 1 is 0.691 bits per heavy atom. The molecule has 1 aromatic heterocycles. The van der Waals surface area contributed by atoms with Crippen molar-refractivity contribution in [2.24, 2.45) is 11.8 Å². The maximum atomic E-state index is 13.4. The Morgan fingerprint density at radius 3 is 2.16 bits per heavy atom. The number of ether oxygens (including phenoxy) is 4.